The van der Waals surface area contributed by atoms with Crippen LogP contribution in [0.4, 0.5) is 0 Å². The van der Waals surface area contributed by atoms with Gasteiger partial charge in [-0.1, -0.05) is 28.9 Å². The first-order chi connectivity index (χ1) is 13.0. The monoisotopic (exact) mass is 428 g/mol. The van der Waals surface area contributed by atoms with E-state index in [2.05, 4.69) is 15.0 Å². The van der Waals surface area contributed by atoms with Gasteiger partial charge in [0.05, 0.1) is 6.54 Å². The van der Waals surface area contributed by atoms with Crippen LogP contribution in [0, 0.1) is 0 Å². The van der Waals surface area contributed by atoms with Gasteiger partial charge in [-0.15, -0.1) is 12.4 Å². The lowest BCUT2D eigenvalue weighted by Crippen LogP contribution is -2.36. The Morgan fingerprint density at radius 1 is 1.39 bits per heavy atom. The molecule has 1 aliphatic rings. The molecule has 0 amide bonds. The molecule has 1 unspecified atom stereocenters. The number of aliphatic carboxylic acids is 1. The molecule has 0 bridgehead atoms. The first-order valence-corrected chi connectivity index (χ1v) is 9.62. The van der Waals surface area contributed by atoms with Crippen LogP contribution in [0.2, 0.25) is 5.02 Å². The number of benzene rings is 1. The molecule has 0 aliphatic carbocycles. The average molecular weight is 429 g/mol. The van der Waals surface area contributed by atoms with Crippen LogP contribution in [-0.4, -0.2) is 70.3 Å². The molecule has 1 N–H and O–H groups in total. The SMILES string of the molecule is CN(CC(=O)O)C1CCCN(CCc2nc(-c3cccc(Cl)c3)no2)CC1.Cl. The fourth-order valence-electron chi connectivity index (χ4n) is 3.50. The maximum absolute atomic E-state index is 10.9. The van der Waals surface area contributed by atoms with E-state index in [0.29, 0.717) is 29.2 Å². The standard InChI is InChI=1S/C19H25ClN4O3.ClH/c1-23(13-18(25)26)16-6-3-9-24(10-7-16)11-8-17-21-19(22-27-17)14-4-2-5-15(20)12-14;/h2,4-5,12,16H,3,6-11,13H2,1H3,(H,25,26);1H. The largest absolute Gasteiger partial charge is 0.480 e. The predicted octanol–water partition coefficient (Wildman–Crippen LogP) is 3.23. The van der Waals surface area contributed by atoms with E-state index in [4.69, 9.17) is 21.2 Å². The summed E-state index contributed by atoms with van der Waals surface area (Å²) in [6, 6.07) is 7.72. The van der Waals surface area contributed by atoms with Crippen molar-refractivity contribution in [1.29, 1.82) is 0 Å². The molecule has 1 atom stereocenters. The quantitative estimate of drug-likeness (QED) is 0.724. The number of hydrogen-bond donors (Lipinski definition) is 1. The van der Waals surface area contributed by atoms with E-state index in [1.165, 1.54) is 0 Å². The van der Waals surface area contributed by atoms with Crippen molar-refractivity contribution < 1.29 is 14.4 Å². The van der Waals surface area contributed by atoms with Gasteiger partial charge >= 0.3 is 5.97 Å². The van der Waals surface area contributed by atoms with Crippen molar-refractivity contribution in [3.63, 3.8) is 0 Å². The number of likely N-dealkylation sites (N-methyl/N-ethyl adjacent to an activating group) is 1. The van der Waals surface area contributed by atoms with E-state index in [-0.39, 0.29) is 19.0 Å². The van der Waals surface area contributed by atoms with Crippen molar-refractivity contribution in [2.45, 2.75) is 31.7 Å². The summed E-state index contributed by atoms with van der Waals surface area (Å²) in [5, 5.41) is 13.7. The molecule has 0 spiro atoms. The van der Waals surface area contributed by atoms with Crippen LogP contribution in [-0.2, 0) is 11.2 Å². The second-order valence-corrected chi connectivity index (χ2v) is 7.44. The highest BCUT2D eigenvalue weighted by atomic mass is 35.5. The van der Waals surface area contributed by atoms with Gasteiger partial charge in [-0.25, -0.2) is 0 Å². The van der Waals surface area contributed by atoms with E-state index >= 15 is 0 Å². The second-order valence-electron chi connectivity index (χ2n) is 7.01. The summed E-state index contributed by atoms with van der Waals surface area (Å²) < 4.78 is 5.38. The van der Waals surface area contributed by atoms with Crippen molar-refractivity contribution in [3.05, 3.63) is 35.2 Å². The van der Waals surface area contributed by atoms with Crippen LogP contribution in [0.1, 0.15) is 25.2 Å². The van der Waals surface area contributed by atoms with Crippen molar-refractivity contribution in [1.82, 2.24) is 19.9 Å². The third-order valence-electron chi connectivity index (χ3n) is 4.99. The Kier molecular flexibility index (Phi) is 8.69. The summed E-state index contributed by atoms with van der Waals surface area (Å²) in [5.41, 5.74) is 0.844. The van der Waals surface area contributed by atoms with Crippen LogP contribution < -0.4 is 0 Å². The van der Waals surface area contributed by atoms with Crippen LogP contribution in [0.25, 0.3) is 11.4 Å². The number of rotatable bonds is 7. The number of halogens is 2. The van der Waals surface area contributed by atoms with Crippen LogP contribution in [0.3, 0.4) is 0 Å². The van der Waals surface area contributed by atoms with Crippen LogP contribution in [0.5, 0.6) is 0 Å². The van der Waals surface area contributed by atoms with Crippen molar-refractivity contribution in [2.75, 3.05) is 33.2 Å². The lowest BCUT2D eigenvalue weighted by atomic mass is 10.1. The third kappa shape index (κ3) is 6.44. The van der Waals surface area contributed by atoms with Crippen molar-refractivity contribution in [3.8, 4) is 11.4 Å². The molecule has 154 valence electrons. The summed E-state index contributed by atoms with van der Waals surface area (Å²) in [6.45, 7) is 2.90. The van der Waals surface area contributed by atoms with Crippen LogP contribution >= 0.6 is 24.0 Å². The minimum atomic E-state index is -0.773. The maximum atomic E-state index is 10.9. The zero-order valence-electron chi connectivity index (χ0n) is 15.9. The Hall–Kier alpha value is -1.67. The van der Waals surface area contributed by atoms with Gasteiger partial charge in [-0.3, -0.25) is 9.69 Å². The Balaban J connectivity index is 0.00000280. The molecule has 1 aromatic heterocycles. The summed E-state index contributed by atoms with van der Waals surface area (Å²) in [5.74, 6) is 0.401. The second kappa shape index (κ2) is 10.8. The van der Waals surface area contributed by atoms with Gasteiger partial charge in [0.2, 0.25) is 11.7 Å². The lowest BCUT2D eigenvalue weighted by Gasteiger charge is -2.25. The highest BCUT2D eigenvalue weighted by Gasteiger charge is 2.22. The van der Waals surface area contributed by atoms with E-state index in [0.717, 1.165) is 44.5 Å². The third-order valence-corrected chi connectivity index (χ3v) is 5.23. The molecular formula is C19H26Cl2N4O3. The number of hydrogen-bond acceptors (Lipinski definition) is 6. The first kappa shape index (κ1) is 22.6. The first-order valence-electron chi connectivity index (χ1n) is 9.24. The summed E-state index contributed by atoms with van der Waals surface area (Å²) in [6.07, 6.45) is 3.76. The molecule has 1 saturated heterocycles. The van der Waals surface area contributed by atoms with Gasteiger partial charge in [-0.05, 0) is 51.5 Å². The van der Waals surface area contributed by atoms with Gasteiger partial charge in [0.25, 0.3) is 0 Å². The molecule has 2 heterocycles. The normalized spacial score (nSPS) is 17.9. The molecule has 3 rings (SSSR count). The molecular weight excluding hydrogens is 403 g/mol. The number of carboxylic acids is 1. The van der Waals surface area contributed by atoms with E-state index in [1.807, 2.05) is 36.2 Å². The smallest absolute Gasteiger partial charge is 0.317 e. The summed E-state index contributed by atoms with van der Waals surface area (Å²) in [4.78, 5) is 19.7. The van der Waals surface area contributed by atoms with Gasteiger partial charge in [0, 0.05) is 29.6 Å². The maximum Gasteiger partial charge on any atom is 0.317 e. The van der Waals surface area contributed by atoms with Gasteiger partial charge < -0.3 is 14.5 Å². The predicted molar refractivity (Wildman–Crippen MR) is 110 cm³/mol. The van der Waals surface area contributed by atoms with Crippen LogP contribution in [0.15, 0.2) is 28.8 Å². The number of carbonyl (C=O) groups is 1. The minimum absolute atomic E-state index is 0. The van der Waals surface area contributed by atoms with Crippen molar-refractivity contribution in [2.24, 2.45) is 0 Å². The van der Waals surface area contributed by atoms with E-state index < -0.39 is 5.97 Å². The Bertz CT molecular complexity index is 771. The Labute approximate surface area is 176 Å². The molecule has 1 fully saturated rings. The molecule has 1 aromatic carbocycles. The number of nitrogens with zero attached hydrogens (tertiary/aromatic N) is 4. The zero-order valence-corrected chi connectivity index (χ0v) is 17.5. The molecule has 0 radical (unpaired) electrons. The number of carboxylic acid groups (broad SMARTS) is 1. The Morgan fingerprint density at radius 2 is 2.21 bits per heavy atom. The highest BCUT2D eigenvalue weighted by Crippen LogP contribution is 2.20. The van der Waals surface area contributed by atoms with E-state index in [1.54, 1.807) is 0 Å². The molecule has 28 heavy (non-hydrogen) atoms. The molecule has 9 heteroatoms. The van der Waals surface area contributed by atoms with E-state index in [9.17, 15) is 4.79 Å². The van der Waals surface area contributed by atoms with Gasteiger partial charge in [0.15, 0.2) is 0 Å². The average Bonchev–Trinajstić information content (AvgIpc) is 2.97. The summed E-state index contributed by atoms with van der Waals surface area (Å²) >= 11 is 6.01. The topological polar surface area (TPSA) is 82.7 Å². The molecule has 2 aromatic rings. The number of aromatic nitrogens is 2. The van der Waals surface area contributed by atoms with Crippen molar-refractivity contribution >= 4 is 30.0 Å². The Morgan fingerprint density at radius 3 is 2.96 bits per heavy atom. The van der Waals surface area contributed by atoms with Gasteiger partial charge in [0.1, 0.15) is 0 Å². The zero-order chi connectivity index (χ0) is 19.2. The summed E-state index contributed by atoms with van der Waals surface area (Å²) in [7, 11) is 1.89. The van der Waals surface area contributed by atoms with Gasteiger partial charge in [-0.2, -0.15) is 4.98 Å². The highest BCUT2D eigenvalue weighted by molar-refractivity contribution is 6.30. The molecule has 1 aliphatic heterocycles. The minimum Gasteiger partial charge on any atom is -0.480 e. The number of likely N-dealkylation sites (tertiary alicyclic amines) is 1. The fraction of sp³-hybridized carbons (Fsp3) is 0.526. The molecule has 7 nitrogen and oxygen atoms in total. The fourth-order valence-corrected chi connectivity index (χ4v) is 3.69. The molecule has 0 saturated carbocycles. The lowest BCUT2D eigenvalue weighted by molar-refractivity contribution is -0.138.